The van der Waals surface area contributed by atoms with E-state index >= 15 is 0 Å². The highest BCUT2D eigenvalue weighted by atomic mass is 79.9. The number of nitrogens with one attached hydrogen (secondary N) is 1. The van der Waals surface area contributed by atoms with Gasteiger partial charge in [0.25, 0.3) is 0 Å². The Morgan fingerprint density at radius 1 is 1.40 bits per heavy atom. The highest BCUT2D eigenvalue weighted by Crippen LogP contribution is 2.28. The van der Waals surface area contributed by atoms with Crippen molar-refractivity contribution in [3.63, 3.8) is 0 Å². The van der Waals surface area contributed by atoms with E-state index in [2.05, 4.69) is 20.7 Å². The standard InChI is InChI=1S/C12H13BrFNO4S/c13-10-6-8(14)2-4-11(10)20(18,19)15-9-3-1-7(5-9)12(16)17/h2,4,6-7,9,15H,1,3,5H2,(H,16,17)/t7-,9+/m1/s1. The Morgan fingerprint density at radius 3 is 2.65 bits per heavy atom. The van der Waals surface area contributed by atoms with Gasteiger partial charge in [0, 0.05) is 10.5 Å². The second kappa shape index (κ2) is 5.79. The highest BCUT2D eigenvalue weighted by Gasteiger charge is 2.32. The number of carbonyl (C=O) groups is 1. The van der Waals surface area contributed by atoms with Crippen LogP contribution in [0.4, 0.5) is 4.39 Å². The fourth-order valence-electron chi connectivity index (χ4n) is 2.29. The summed E-state index contributed by atoms with van der Waals surface area (Å²) in [5.41, 5.74) is 0. The summed E-state index contributed by atoms with van der Waals surface area (Å²) in [5, 5.41) is 8.89. The number of hydrogen-bond donors (Lipinski definition) is 2. The third kappa shape index (κ3) is 3.36. The molecule has 1 aromatic carbocycles. The number of sulfonamides is 1. The normalized spacial score (nSPS) is 22.9. The summed E-state index contributed by atoms with van der Waals surface area (Å²) in [6.45, 7) is 0. The maximum atomic E-state index is 13.0. The minimum absolute atomic E-state index is 0.0577. The summed E-state index contributed by atoms with van der Waals surface area (Å²) >= 11 is 3.01. The third-order valence-electron chi connectivity index (χ3n) is 3.29. The van der Waals surface area contributed by atoms with Crippen LogP contribution >= 0.6 is 15.9 Å². The number of aliphatic carboxylic acids is 1. The molecule has 0 amide bonds. The van der Waals surface area contributed by atoms with Crippen molar-refractivity contribution in [1.82, 2.24) is 4.72 Å². The van der Waals surface area contributed by atoms with Gasteiger partial charge >= 0.3 is 5.97 Å². The zero-order chi connectivity index (χ0) is 14.9. The van der Waals surface area contributed by atoms with Crippen LogP contribution in [0.3, 0.4) is 0 Å². The van der Waals surface area contributed by atoms with Gasteiger partial charge in [0.2, 0.25) is 10.0 Å². The molecule has 1 aliphatic rings. The molecule has 1 aromatic rings. The molecular formula is C12H13BrFNO4S. The Kier molecular flexibility index (Phi) is 4.46. The van der Waals surface area contributed by atoms with Crippen molar-refractivity contribution in [2.45, 2.75) is 30.2 Å². The van der Waals surface area contributed by atoms with Gasteiger partial charge in [0.1, 0.15) is 5.82 Å². The largest absolute Gasteiger partial charge is 0.481 e. The number of benzene rings is 1. The highest BCUT2D eigenvalue weighted by molar-refractivity contribution is 9.10. The molecule has 0 spiro atoms. The number of rotatable bonds is 4. The molecule has 8 heteroatoms. The minimum Gasteiger partial charge on any atom is -0.481 e. The van der Waals surface area contributed by atoms with E-state index in [1.165, 1.54) is 6.07 Å². The number of hydrogen-bond acceptors (Lipinski definition) is 3. The van der Waals surface area contributed by atoms with Gasteiger partial charge < -0.3 is 5.11 Å². The molecule has 0 bridgehead atoms. The topological polar surface area (TPSA) is 83.5 Å². The second-order valence-electron chi connectivity index (χ2n) is 4.74. The van der Waals surface area contributed by atoms with Crippen LogP contribution in [0.1, 0.15) is 19.3 Å². The van der Waals surface area contributed by atoms with Gasteiger partial charge in [-0.25, -0.2) is 17.5 Å². The van der Waals surface area contributed by atoms with Crippen molar-refractivity contribution >= 4 is 31.9 Å². The monoisotopic (exact) mass is 365 g/mol. The lowest BCUT2D eigenvalue weighted by Crippen LogP contribution is -2.33. The lowest BCUT2D eigenvalue weighted by molar-refractivity contribution is -0.141. The predicted molar refractivity (Wildman–Crippen MR) is 73.2 cm³/mol. The van der Waals surface area contributed by atoms with Gasteiger partial charge in [0.15, 0.2) is 0 Å². The summed E-state index contributed by atoms with van der Waals surface area (Å²) in [4.78, 5) is 10.8. The van der Waals surface area contributed by atoms with Crippen LogP contribution in [0.15, 0.2) is 27.6 Å². The summed E-state index contributed by atoms with van der Waals surface area (Å²) in [6.07, 6.45) is 1.20. The van der Waals surface area contributed by atoms with Crippen LogP contribution < -0.4 is 4.72 Å². The van der Waals surface area contributed by atoms with Gasteiger partial charge in [0.05, 0.1) is 10.8 Å². The van der Waals surface area contributed by atoms with Gasteiger partial charge in [-0.3, -0.25) is 4.79 Å². The first-order valence-corrected chi connectivity index (χ1v) is 8.27. The number of carboxylic acids is 1. The van der Waals surface area contributed by atoms with Crippen LogP contribution in [-0.4, -0.2) is 25.5 Å². The molecule has 0 heterocycles. The van der Waals surface area contributed by atoms with E-state index in [1.54, 1.807) is 0 Å². The van der Waals surface area contributed by atoms with Crippen molar-refractivity contribution in [1.29, 1.82) is 0 Å². The summed E-state index contributed by atoms with van der Waals surface area (Å²) < 4.78 is 40.0. The van der Waals surface area contributed by atoms with E-state index in [4.69, 9.17) is 5.11 Å². The van der Waals surface area contributed by atoms with Crippen LogP contribution in [0.2, 0.25) is 0 Å². The van der Waals surface area contributed by atoms with Crippen molar-refractivity contribution in [3.05, 3.63) is 28.5 Å². The van der Waals surface area contributed by atoms with Gasteiger partial charge in [-0.2, -0.15) is 0 Å². The molecule has 1 aliphatic carbocycles. The average molecular weight is 366 g/mol. The van der Waals surface area contributed by atoms with Gasteiger partial charge in [-0.15, -0.1) is 0 Å². The van der Waals surface area contributed by atoms with Crippen LogP contribution in [-0.2, 0) is 14.8 Å². The minimum atomic E-state index is -3.80. The molecule has 5 nitrogen and oxygen atoms in total. The number of halogens is 2. The molecule has 0 aromatic heterocycles. The Bertz CT molecular complexity index is 634. The SMILES string of the molecule is O=C(O)[C@@H]1CC[C@H](NS(=O)(=O)c2ccc(F)cc2Br)C1. The molecule has 20 heavy (non-hydrogen) atoms. The Hall–Kier alpha value is -0.990. The lowest BCUT2D eigenvalue weighted by Gasteiger charge is -2.14. The van der Waals surface area contributed by atoms with E-state index in [-0.39, 0.29) is 15.8 Å². The van der Waals surface area contributed by atoms with Crippen molar-refractivity contribution in [2.24, 2.45) is 5.92 Å². The lowest BCUT2D eigenvalue weighted by atomic mass is 10.1. The van der Waals surface area contributed by atoms with Crippen molar-refractivity contribution in [3.8, 4) is 0 Å². The van der Waals surface area contributed by atoms with Crippen molar-refractivity contribution in [2.75, 3.05) is 0 Å². The van der Waals surface area contributed by atoms with Crippen LogP contribution in [0.25, 0.3) is 0 Å². The van der Waals surface area contributed by atoms with E-state index in [9.17, 15) is 17.6 Å². The molecule has 0 radical (unpaired) electrons. The zero-order valence-electron chi connectivity index (χ0n) is 10.3. The van der Waals surface area contributed by atoms with Gasteiger partial charge in [-0.1, -0.05) is 0 Å². The van der Waals surface area contributed by atoms with E-state index in [1.807, 2.05) is 0 Å². The number of carboxylic acid groups (broad SMARTS) is 1. The maximum absolute atomic E-state index is 13.0. The summed E-state index contributed by atoms with van der Waals surface area (Å²) in [5.74, 6) is -1.96. The van der Waals surface area contributed by atoms with Gasteiger partial charge in [-0.05, 0) is 53.4 Å². The molecular weight excluding hydrogens is 353 g/mol. The molecule has 1 saturated carbocycles. The summed E-state index contributed by atoms with van der Waals surface area (Å²) in [7, 11) is -3.80. The van der Waals surface area contributed by atoms with Crippen LogP contribution in [0.5, 0.6) is 0 Å². The quantitative estimate of drug-likeness (QED) is 0.855. The molecule has 0 aliphatic heterocycles. The summed E-state index contributed by atoms with van der Waals surface area (Å²) in [6, 6.07) is 2.90. The Labute approximate surface area is 124 Å². The molecule has 0 unspecified atom stereocenters. The molecule has 0 saturated heterocycles. The Morgan fingerprint density at radius 2 is 2.10 bits per heavy atom. The Balaban J connectivity index is 2.14. The third-order valence-corrected chi connectivity index (χ3v) is 5.78. The first-order chi connectivity index (χ1) is 9.29. The first kappa shape index (κ1) is 15.4. The fraction of sp³-hybridized carbons (Fsp3) is 0.417. The average Bonchev–Trinajstić information content (AvgIpc) is 2.76. The molecule has 110 valence electrons. The van der Waals surface area contributed by atoms with Crippen molar-refractivity contribution < 1.29 is 22.7 Å². The molecule has 2 N–H and O–H groups in total. The second-order valence-corrected chi connectivity index (χ2v) is 7.28. The van der Waals surface area contributed by atoms with Crippen LogP contribution in [0, 0.1) is 11.7 Å². The smallest absolute Gasteiger partial charge is 0.306 e. The molecule has 2 atom stereocenters. The first-order valence-electron chi connectivity index (χ1n) is 6.00. The predicted octanol–water partition coefficient (Wildman–Crippen LogP) is 2.12. The van der Waals surface area contributed by atoms with E-state index in [0.29, 0.717) is 12.8 Å². The fourth-order valence-corrected chi connectivity index (χ4v) is 4.62. The zero-order valence-corrected chi connectivity index (χ0v) is 12.7. The molecule has 2 rings (SSSR count). The molecule has 1 fully saturated rings. The van der Waals surface area contributed by atoms with E-state index in [0.717, 1.165) is 12.1 Å². The van der Waals surface area contributed by atoms with E-state index < -0.39 is 33.8 Å². The maximum Gasteiger partial charge on any atom is 0.306 e.